The molecule has 0 radical (unpaired) electrons. The molecule has 0 bridgehead atoms. The molecule has 0 aromatic carbocycles. The first-order chi connectivity index (χ1) is 9.99. The standard InChI is InChI=1S/C14H21N3O3S/c1-16-7-3-5-10(16)9-17(2)14(20)15-12(13(18)19)11-6-4-8-21-11/h4,6,8,10,12H,3,5,7,9H2,1-2H3,(H,15,20)(H,18,19). The van der Waals surface area contributed by atoms with E-state index < -0.39 is 12.0 Å². The highest BCUT2D eigenvalue weighted by Gasteiger charge is 2.27. The number of nitrogens with zero attached hydrogens (tertiary/aromatic N) is 2. The van der Waals surface area contributed by atoms with Crippen LogP contribution >= 0.6 is 11.3 Å². The van der Waals surface area contributed by atoms with Crippen molar-refractivity contribution in [3.8, 4) is 0 Å². The molecule has 2 heterocycles. The minimum Gasteiger partial charge on any atom is -0.479 e. The maximum absolute atomic E-state index is 12.2. The molecule has 1 aliphatic heterocycles. The Morgan fingerprint density at radius 3 is 2.90 bits per heavy atom. The van der Waals surface area contributed by atoms with Crippen molar-refractivity contribution in [2.45, 2.75) is 24.9 Å². The summed E-state index contributed by atoms with van der Waals surface area (Å²) in [7, 11) is 3.75. The third-order valence-electron chi connectivity index (χ3n) is 3.85. The summed E-state index contributed by atoms with van der Waals surface area (Å²) in [5.74, 6) is -1.04. The number of nitrogens with one attached hydrogen (secondary N) is 1. The molecule has 2 unspecified atom stereocenters. The first-order valence-electron chi connectivity index (χ1n) is 6.97. The Morgan fingerprint density at radius 2 is 2.38 bits per heavy atom. The van der Waals surface area contributed by atoms with Crippen LogP contribution in [0.15, 0.2) is 17.5 Å². The summed E-state index contributed by atoms with van der Waals surface area (Å²) in [4.78, 5) is 27.9. The number of hydrogen-bond acceptors (Lipinski definition) is 4. The average molecular weight is 311 g/mol. The van der Waals surface area contributed by atoms with Crippen molar-refractivity contribution in [2.24, 2.45) is 0 Å². The highest BCUT2D eigenvalue weighted by molar-refractivity contribution is 7.10. The molecule has 1 aromatic rings. The summed E-state index contributed by atoms with van der Waals surface area (Å²) in [5, 5.41) is 13.7. The molecule has 2 amide bonds. The summed E-state index contributed by atoms with van der Waals surface area (Å²) in [6.45, 7) is 1.66. The number of likely N-dealkylation sites (N-methyl/N-ethyl adjacent to an activating group) is 2. The van der Waals surface area contributed by atoms with E-state index >= 15 is 0 Å². The van der Waals surface area contributed by atoms with Gasteiger partial charge in [-0.25, -0.2) is 9.59 Å². The number of hydrogen-bond donors (Lipinski definition) is 2. The van der Waals surface area contributed by atoms with E-state index in [4.69, 9.17) is 0 Å². The van der Waals surface area contributed by atoms with E-state index in [0.717, 1.165) is 19.4 Å². The molecule has 0 spiro atoms. The van der Waals surface area contributed by atoms with Crippen LogP contribution in [0, 0.1) is 0 Å². The molecule has 1 aromatic heterocycles. The Morgan fingerprint density at radius 1 is 1.62 bits per heavy atom. The number of urea groups is 1. The second kappa shape index (κ2) is 6.91. The predicted molar refractivity (Wildman–Crippen MR) is 81.5 cm³/mol. The zero-order valence-corrected chi connectivity index (χ0v) is 13.1. The first-order valence-corrected chi connectivity index (χ1v) is 7.85. The van der Waals surface area contributed by atoms with Crippen LogP contribution in [0.1, 0.15) is 23.8 Å². The first kappa shape index (κ1) is 15.8. The van der Waals surface area contributed by atoms with Gasteiger partial charge in [0.1, 0.15) is 0 Å². The van der Waals surface area contributed by atoms with Crippen LogP contribution in [0.2, 0.25) is 0 Å². The zero-order chi connectivity index (χ0) is 15.4. The Balaban J connectivity index is 1.94. The number of carboxylic acid groups (broad SMARTS) is 1. The highest BCUT2D eigenvalue weighted by Crippen LogP contribution is 2.20. The number of amides is 2. The van der Waals surface area contributed by atoms with Crippen molar-refractivity contribution < 1.29 is 14.7 Å². The SMILES string of the molecule is CN(CC1CCCN1C)C(=O)NC(C(=O)O)c1cccs1. The lowest BCUT2D eigenvalue weighted by Crippen LogP contribution is -2.46. The molecular weight excluding hydrogens is 290 g/mol. The van der Waals surface area contributed by atoms with Crippen molar-refractivity contribution in [2.75, 3.05) is 27.2 Å². The third-order valence-corrected chi connectivity index (χ3v) is 4.78. The average Bonchev–Trinajstić information content (AvgIpc) is 3.08. The largest absolute Gasteiger partial charge is 0.479 e. The number of carbonyl (C=O) groups excluding carboxylic acids is 1. The van der Waals surface area contributed by atoms with Gasteiger partial charge in [0.25, 0.3) is 0 Å². The van der Waals surface area contributed by atoms with Crippen LogP contribution in [0.5, 0.6) is 0 Å². The lowest BCUT2D eigenvalue weighted by molar-refractivity contribution is -0.139. The van der Waals surface area contributed by atoms with E-state index in [9.17, 15) is 14.7 Å². The fourth-order valence-electron chi connectivity index (χ4n) is 2.55. The van der Waals surface area contributed by atoms with Gasteiger partial charge in [-0.2, -0.15) is 0 Å². The minimum atomic E-state index is -1.04. The van der Waals surface area contributed by atoms with Crippen molar-refractivity contribution >= 4 is 23.3 Å². The second-order valence-corrected chi connectivity index (χ2v) is 6.37. The summed E-state index contributed by atoms with van der Waals surface area (Å²) in [6, 6.07) is 2.51. The van der Waals surface area contributed by atoms with Gasteiger partial charge in [0, 0.05) is 24.5 Å². The van der Waals surface area contributed by atoms with Crippen LogP contribution in [0.25, 0.3) is 0 Å². The smallest absolute Gasteiger partial charge is 0.331 e. The molecule has 7 heteroatoms. The fraction of sp³-hybridized carbons (Fsp3) is 0.571. The van der Waals surface area contributed by atoms with Crippen LogP contribution < -0.4 is 5.32 Å². The maximum atomic E-state index is 12.2. The molecule has 1 fully saturated rings. The van der Waals surface area contributed by atoms with Gasteiger partial charge in [0.05, 0.1) is 0 Å². The van der Waals surface area contributed by atoms with E-state index in [0.29, 0.717) is 17.5 Å². The number of aliphatic carboxylic acids is 1. The molecule has 1 aliphatic rings. The van der Waals surface area contributed by atoms with Crippen LogP contribution in [-0.2, 0) is 4.79 Å². The zero-order valence-electron chi connectivity index (χ0n) is 12.3. The van der Waals surface area contributed by atoms with Gasteiger partial charge >= 0.3 is 12.0 Å². The number of likely N-dealkylation sites (tertiary alicyclic amines) is 1. The highest BCUT2D eigenvalue weighted by atomic mass is 32.1. The van der Waals surface area contributed by atoms with Crippen LogP contribution in [0.4, 0.5) is 4.79 Å². The summed E-state index contributed by atoms with van der Waals surface area (Å²) < 4.78 is 0. The van der Waals surface area contributed by atoms with E-state index in [1.54, 1.807) is 29.5 Å². The lowest BCUT2D eigenvalue weighted by atomic mass is 10.2. The van der Waals surface area contributed by atoms with Gasteiger partial charge in [-0.1, -0.05) is 6.07 Å². The Bertz CT molecular complexity index is 492. The molecule has 21 heavy (non-hydrogen) atoms. The van der Waals surface area contributed by atoms with E-state index in [2.05, 4.69) is 17.3 Å². The van der Waals surface area contributed by atoms with E-state index in [-0.39, 0.29) is 6.03 Å². The molecule has 1 saturated heterocycles. The Kier molecular flexibility index (Phi) is 5.19. The second-order valence-electron chi connectivity index (χ2n) is 5.39. The normalized spacial score (nSPS) is 20.2. The Hall–Kier alpha value is -1.60. The van der Waals surface area contributed by atoms with Gasteiger partial charge in [-0.05, 0) is 37.9 Å². The lowest BCUT2D eigenvalue weighted by Gasteiger charge is -2.27. The quantitative estimate of drug-likeness (QED) is 0.866. The maximum Gasteiger partial charge on any atom is 0.331 e. The molecule has 6 nitrogen and oxygen atoms in total. The monoisotopic (exact) mass is 311 g/mol. The van der Waals surface area contributed by atoms with Gasteiger partial charge in [-0.3, -0.25) is 0 Å². The summed E-state index contributed by atoms with van der Waals surface area (Å²) >= 11 is 1.32. The molecule has 2 N–H and O–H groups in total. The molecule has 2 atom stereocenters. The van der Waals surface area contributed by atoms with Gasteiger partial charge in [-0.15, -0.1) is 11.3 Å². The van der Waals surface area contributed by atoms with Crippen molar-refractivity contribution in [3.63, 3.8) is 0 Å². The van der Waals surface area contributed by atoms with Gasteiger partial charge in [0.2, 0.25) is 0 Å². The summed E-state index contributed by atoms with van der Waals surface area (Å²) in [6.07, 6.45) is 2.21. The fourth-order valence-corrected chi connectivity index (χ4v) is 3.32. The molecule has 0 saturated carbocycles. The van der Waals surface area contributed by atoms with Crippen molar-refractivity contribution in [3.05, 3.63) is 22.4 Å². The van der Waals surface area contributed by atoms with Crippen molar-refractivity contribution in [1.29, 1.82) is 0 Å². The van der Waals surface area contributed by atoms with Gasteiger partial charge in [0.15, 0.2) is 6.04 Å². The minimum absolute atomic E-state index is 0.351. The summed E-state index contributed by atoms with van der Waals surface area (Å²) in [5.41, 5.74) is 0. The van der Waals surface area contributed by atoms with Crippen molar-refractivity contribution in [1.82, 2.24) is 15.1 Å². The Labute approximate surface area is 128 Å². The number of carbonyl (C=O) groups is 2. The van der Waals surface area contributed by atoms with Crippen LogP contribution in [0.3, 0.4) is 0 Å². The molecule has 116 valence electrons. The molecular formula is C14H21N3O3S. The number of thiophene rings is 1. The number of carboxylic acids is 1. The topological polar surface area (TPSA) is 72.9 Å². The predicted octanol–water partition coefficient (Wildman–Crippen LogP) is 1.61. The molecule has 0 aliphatic carbocycles. The molecule has 2 rings (SSSR count). The van der Waals surface area contributed by atoms with Gasteiger partial charge < -0.3 is 20.2 Å². The van der Waals surface area contributed by atoms with E-state index in [1.807, 2.05) is 0 Å². The van der Waals surface area contributed by atoms with Crippen LogP contribution in [-0.4, -0.2) is 60.1 Å². The third kappa shape index (κ3) is 3.95. The number of rotatable bonds is 5. The van der Waals surface area contributed by atoms with E-state index in [1.165, 1.54) is 11.3 Å².